The van der Waals surface area contributed by atoms with E-state index in [4.69, 9.17) is 0 Å². The standard InChI is InChI=1S/C22H18F2N2O5S/c1-32(30,31)18-5-2-13(3-6-18)12-25-22(29)19-7-4-17(11-20(19)27)26-21(28)14-8-15(23)10-16(24)9-14/h2-11,27H,12H2,1H3,(H,25,29)(H,26,28). The van der Waals surface area contributed by atoms with Gasteiger partial charge in [0.2, 0.25) is 0 Å². The van der Waals surface area contributed by atoms with Gasteiger partial charge < -0.3 is 15.7 Å². The summed E-state index contributed by atoms with van der Waals surface area (Å²) in [6.45, 7) is 0.0892. The largest absolute Gasteiger partial charge is 0.507 e. The van der Waals surface area contributed by atoms with Gasteiger partial charge in [-0.25, -0.2) is 17.2 Å². The summed E-state index contributed by atoms with van der Waals surface area (Å²) in [7, 11) is -3.32. The summed E-state index contributed by atoms with van der Waals surface area (Å²) in [4.78, 5) is 24.7. The molecule has 0 unspecified atom stereocenters. The first-order valence-electron chi connectivity index (χ1n) is 9.20. The second-order valence-corrected chi connectivity index (χ2v) is 8.96. The van der Waals surface area contributed by atoms with E-state index in [9.17, 15) is 31.9 Å². The number of sulfone groups is 1. The van der Waals surface area contributed by atoms with Crippen LogP contribution in [0.25, 0.3) is 0 Å². The predicted molar refractivity (Wildman–Crippen MR) is 113 cm³/mol. The van der Waals surface area contributed by atoms with Crippen LogP contribution in [0.5, 0.6) is 5.75 Å². The number of aromatic hydroxyl groups is 1. The van der Waals surface area contributed by atoms with Gasteiger partial charge in [-0.3, -0.25) is 9.59 Å². The fourth-order valence-electron chi connectivity index (χ4n) is 2.82. The maximum atomic E-state index is 13.3. The lowest BCUT2D eigenvalue weighted by molar-refractivity contribution is 0.0947. The number of benzene rings is 3. The molecular formula is C22H18F2N2O5S. The third kappa shape index (κ3) is 5.67. The smallest absolute Gasteiger partial charge is 0.255 e. The number of hydrogen-bond donors (Lipinski definition) is 3. The monoisotopic (exact) mass is 460 g/mol. The van der Waals surface area contributed by atoms with Gasteiger partial charge in [-0.2, -0.15) is 0 Å². The SMILES string of the molecule is CS(=O)(=O)c1ccc(CNC(=O)c2ccc(NC(=O)c3cc(F)cc(F)c3)cc2O)cc1. The minimum atomic E-state index is -3.32. The lowest BCUT2D eigenvalue weighted by Gasteiger charge is -2.10. The van der Waals surface area contributed by atoms with E-state index in [1.807, 2.05) is 0 Å². The number of nitrogens with one attached hydrogen (secondary N) is 2. The average Bonchev–Trinajstić information content (AvgIpc) is 2.71. The van der Waals surface area contributed by atoms with Gasteiger partial charge in [-0.05, 0) is 42.0 Å². The summed E-state index contributed by atoms with van der Waals surface area (Å²) in [5.74, 6) is -3.62. The van der Waals surface area contributed by atoms with E-state index in [-0.39, 0.29) is 28.3 Å². The lowest BCUT2D eigenvalue weighted by atomic mass is 10.1. The number of anilines is 1. The highest BCUT2D eigenvalue weighted by Gasteiger charge is 2.14. The number of amides is 2. The molecule has 166 valence electrons. The van der Waals surface area contributed by atoms with E-state index in [1.165, 1.54) is 24.3 Å². The number of hydrogen-bond acceptors (Lipinski definition) is 5. The van der Waals surface area contributed by atoms with Gasteiger partial charge in [0.15, 0.2) is 9.84 Å². The summed E-state index contributed by atoms with van der Waals surface area (Å²) < 4.78 is 49.5. The van der Waals surface area contributed by atoms with Crippen LogP contribution >= 0.6 is 0 Å². The molecule has 10 heteroatoms. The normalized spacial score (nSPS) is 11.1. The zero-order valence-electron chi connectivity index (χ0n) is 16.7. The first-order valence-corrected chi connectivity index (χ1v) is 11.1. The van der Waals surface area contributed by atoms with E-state index in [0.29, 0.717) is 11.6 Å². The van der Waals surface area contributed by atoms with Gasteiger partial charge in [0.25, 0.3) is 11.8 Å². The number of carbonyl (C=O) groups is 2. The Morgan fingerprint density at radius 3 is 2.09 bits per heavy atom. The molecule has 2 amide bonds. The van der Waals surface area contributed by atoms with Crippen LogP contribution < -0.4 is 10.6 Å². The molecule has 0 saturated heterocycles. The molecule has 3 rings (SSSR count). The summed E-state index contributed by atoms with van der Waals surface area (Å²) in [6, 6.07) is 12.1. The Morgan fingerprint density at radius 1 is 0.906 bits per heavy atom. The van der Waals surface area contributed by atoms with Crippen LogP contribution in [0.2, 0.25) is 0 Å². The van der Waals surface area contributed by atoms with E-state index in [1.54, 1.807) is 12.1 Å². The van der Waals surface area contributed by atoms with Crippen molar-refractivity contribution in [2.24, 2.45) is 0 Å². The minimum Gasteiger partial charge on any atom is -0.507 e. The fraction of sp³-hybridized carbons (Fsp3) is 0.0909. The molecule has 0 fully saturated rings. The highest BCUT2D eigenvalue weighted by atomic mass is 32.2. The van der Waals surface area contributed by atoms with Gasteiger partial charge in [0, 0.05) is 36.2 Å². The molecule has 0 atom stereocenters. The topological polar surface area (TPSA) is 113 Å². The third-order valence-electron chi connectivity index (χ3n) is 4.43. The van der Waals surface area contributed by atoms with E-state index in [0.717, 1.165) is 24.5 Å². The number of rotatable bonds is 6. The predicted octanol–water partition coefficient (Wildman–Crippen LogP) is 3.26. The second-order valence-electron chi connectivity index (χ2n) is 6.94. The summed E-state index contributed by atoms with van der Waals surface area (Å²) in [5.41, 5.74) is 0.458. The van der Waals surface area contributed by atoms with Crippen LogP contribution in [0.15, 0.2) is 65.6 Å². The molecule has 0 bridgehead atoms. The number of phenolic OH excluding ortho intramolecular Hbond substituents is 1. The molecule has 0 aliphatic heterocycles. The van der Waals surface area contributed by atoms with E-state index < -0.39 is 39.0 Å². The Labute approximate surface area is 182 Å². The van der Waals surface area contributed by atoms with Crippen LogP contribution in [0, 0.1) is 11.6 Å². The molecule has 3 N–H and O–H groups in total. The molecule has 0 spiro atoms. The van der Waals surface area contributed by atoms with Crippen molar-refractivity contribution >= 4 is 27.3 Å². The molecule has 3 aromatic rings. The summed E-state index contributed by atoms with van der Waals surface area (Å²) >= 11 is 0. The molecule has 0 aromatic heterocycles. The molecule has 7 nitrogen and oxygen atoms in total. The van der Waals surface area contributed by atoms with Gasteiger partial charge in [0.05, 0.1) is 10.5 Å². The van der Waals surface area contributed by atoms with Crippen molar-refractivity contribution in [2.45, 2.75) is 11.4 Å². The van der Waals surface area contributed by atoms with Crippen molar-refractivity contribution in [3.63, 3.8) is 0 Å². The van der Waals surface area contributed by atoms with Crippen molar-refractivity contribution in [3.8, 4) is 5.75 Å². The second kappa shape index (κ2) is 9.15. The van der Waals surface area contributed by atoms with Crippen LogP contribution in [-0.2, 0) is 16.4 Å². The number of carbonyl (C=O) groups excluding carboxylic acids is 2. The van der Waals surface area contributed by atoms with Crippen molar-refractivity contribution < 1.29 is 31.9 Å². The Balaban J connectivity index is 1.65. The van der Waals surface area contributed by atoms with Gasteiger partial charge in [-0.15, -0.1) is 0 Å². The molecule has 0 heterocycles. The Bertz CT molecular complexity index is 1270. The molecule has 32 heavy (non-hydrogen) atoms. The molecule has 0 aliphatic rings. The summed E-state index contributed by atoms with van der Waals surface area (Å²) in [6.07, 6.45) is 1.09. The number of halogens is 2. The van der Waals surface area contributed by atoms with Gasteiger partial charge >= 0.3 is 0 Å². The average molecular weight is 460 g/mol. The molecular weight excluding hydrogens is 442 g/mol. The fourth-order valence-corrected chi connectivity index (χ4v) is 3.45. The molecule has 0 radical (unpaired) electrons. The maximum absolute atomic E-state index is 13.3. The van der Waals surface area contributed by atoms with Gasteiger partial charge in [0.1, 0.15) is 17.4 Å². The van der Waals surface area contributed by atoms with Crippen LogP contribution in [0.1, 0.15) is 26.3 Å². The first-order chi connectivity index (χ1) is 15.0. The van der Waals surface area contributed by atoms with E-state index >= 15 is 0 Å². The molecule has 3 aromatic carbocycles. The maximum Gasteiger partial charge on any atom is 0.255 e. The highest BCUT2D eigenvalue weighted by molar-refractivity contribution is 7.90. The van der Waals surface area contributed by atoms with Crippen molar-refractivity contribution in [2.75, 3.05) is 11.6 Å². The third-order valence-corrected chi connectivity index (χ3v) is 5.56. The zero-order valence-corrected chi connectivity index (χ0v) is 17.5. The van der Waals surface area contributed by atoms with Gasteiger partial charge in [-0.1, -0.05) is 12.1 Å². The quantitative estimate of drug-likeness (QED) is 0.523. The molecule has 0 aliphatic carbocycles. The van der Waals surface area contributed by atoms with Crippen LogP contribution in [0.3, 0.4) is 0 Å². The molecule has 0 saturated carbocycles. The highest BCUT2D eigenvalue weighted by Crippen LogP contribution is 2.23. The summed E-state index contributed by atoms with van der Waals surface area (Å²) in [5, 5.41) is 15.1. The zero-order chi connectivity index (χ0) is 23.5. The number of phenols is 1. The van der Waals surface area contributed by atoms with Crippen LogP contribution in [0.4, 0.5) is 14.5 Å². The van der Waals surface area contributed by atoms with Crippen molar-refractivity contribution in [1.82, 2.24) is 5.32 Å². The Kier molecular flexibility index (Phi) is 6.54. The Hall–Kier alpha value is -3.79. The van der Waals surface area contributed by atoms with Crippen LogP contribution in [-0.4, -0.2) is 31.6 Å². The van der Waals surface area contributed by atoms with Crippen molar-refractivity contribution in [3.05, 3.63) is 89.0 Å². The Morgan fingerprint density at radius 2 is 1.53 bits per heavy atom. The lowest BCUT2D eigenvalue weighted by Crippen LogP contribution is -2.23. The first kappa shape index (κ1) is 22.9. The minimum absolute atomic E-state index is 0.0624. The van der Waals surface area contributed by atoms with Crippen molar-refractivity contribution in [1.29, 1.82) is 0 Å². The van der Waals surface area contributed by atoms with E-state index in [2.05, 4.69) is 10.6 Å².